The van der Waals surface area contributed by atoms with Crippen molar-refractivity contribution in [1.29, 1.82) is 0 Å². The van der Waals surface area contributed by atoms with Gasteiger partial charge >= 0.3 is 12.0 Å². The smallest absolute Gasteiger partial charge is 0.337 e. The SMILES string of the molecule is CN(N=O)C(N)=O.N[C@@H](Cc1ccccc1)C(=O)O. The molecule has 0 aromatic heterocycles. The zero-order valence-corrected chi connectivity index (χ0v) is 10.4. The fourth-order valence-corrected chi connectivity index (χ4v) is 0.996. The maximum Gasteiger partial charge on any atom is 0.337 e. The van der Waals surface area contributed by atoms with Gasteiger partial charge in [-0.25, -0.2) is 4.79 Å². The molecule has 1 atom stereocenters. The maximum absolute atomic E-state index is 10.4. The second kappa shape index (κ2) is 8.59. The monoisotopic (exact) mass is 268 g/mol. The number of nitroso groups, excluding NO2 is 1. The molecule has 0 aliphatic rings. The second-order valence-corrected chi connectivity index (χ2v) is 3.58. The van der Waals surface area contributed by atoms with Crippen LogP contribution in [0.2, 0.25) is 0 Å². The molecular formula is C11H16N4O4. The number of nitrogens with zero attached hydrogens (tertiary/aromatic N) is 2. The van der Waals surface area contributed by atoms with Crippen molar-refractivity contribution in [2.24, 2.45) is 16.8 Å². The van der Waals surface area contributed by atoms with Crippen LogP contribution in [0.3, 0.4) is 0 Å². The first-order valence-corrected chi connectivity index (χ1v) is 5.27. The van der Waals surface area contributed by atoms with E-state index in [4.69, 9.17) is 10.8 Å². The van der Waals surface area contributed by atoms with Gasteiger partial charge in [-0.2, -0.15) is 5.01 Å². The number of carbonyl (C=O) groups is 2. The third-order valence-corrected chi connectivity index (χ3v) is 2.06. The van der Waals surface area contributed by atoms with E-state index in [2.05, 4.69) is 11.0 Å². The number of carbonyl (C=O) groups excluding carboxylic acids is 1. The predicted octanol–water partition coefficient (Wildman–Crippen LogP) is 0.319. The van der Waals surface area contributed by atoms with Gasteiger partial charge < -0.3 is 16.6 Å². The summed E-state index contributed by atoms with van der Waals surface area (Å²) in [5, 5.41) is 11.2. The summed E-state index contributed by atoms with van der Waals surface area (Å²) >= 11 is 0. The summed E-state index contributed by atoms with van der Waals surface area (Å²) in [7, 11) is 1.18. The highest BCUT2D eigenvalue weighted by atomic mass is 16.4. The molecule has 104 valence electrons. The summed E-state index contributed by atoms with van der Waals surface area (Å²) in [6.45, 7) is 0. The van der Waals surface area contributed by atoms with Crippen molar-refractivity contribution in [3.05, 3.63) is 40.8 Å². The standard InChI is InChI=1S/C9H11NO2.C2H5N3O2/c10-8(9(11)12)6-7-4-2-1-3-5-7;1-5(4-7)2(3)6/h1-5,8H,6,10H2,(H,11,12);1H3,(H2,3,6)/t8-;/m0./s1. The molecule has 0 spiro atoms. The summed E-state index contributed by atoms with van der Waals surface area (Å²) in [6.07, 6.45) is 0.385. The predicted molar refractivity (Wildman–Crippen MR) is 68.9 cm³/mol. The Morgan fingerprint density at radius 1 is 1.37 bits per heavy atom. The highest BCUT2D eigenvalue weighted by Crippen LogP contribution is 2.01. The summed E-state index contributed by atoms with van der Waals surface area (Å²) in [6, 6.07) is 7.69. The van der Waals surface area contributed by atoms with Gasteiger partial charge in [0, 0.05) is 7.05 Å². The van der Waals surface area contributed by atoms with Crippen molar-refractivity contribution in [2.45, 2.75) is 12.5 Å². The van der Waals surface area contributed by atoms with Crippen LogP contribution in [0.25, 0.3) is 0 Å². The molecule has 0 radical (unpaired) electrons. The van der Waals surface area contributed by atoms with Gasteiger partial charge in [0.05, 0.1) is 5.29 Å². The topological polar surface area (TPSA) is 139 Å². The average Bonchev–Trinajstić information content (AvgIpc) is 2.39. The van der Waals surface area contributed by atoms with Gasteiger partial charge in [-0.3, -0.25) is 4.79 Å². The number of carboxylic acids is 1. The highest BCUT2D eigenvalue weighted by molar-refractivity contribution is 5.73. The minimum Gasteiger partial charge on any atom is -0.480 e. The van der Waals surface area contributed by atoms with Crippen molar-refractivity contribution >= 4 is 12.0 Å². The minimum atomic E-state index is -0.959. The fraction of sp³-hybridized carbons (Fsp3) is 0.273. The van der Waals surface area contributed by atoms with E-state index in [-0.39, 0.29) is 0 Å². The van der Waals surface area contributed by atoms with Crippen LogP contribution < -0.4 is 11.5 Å². The zero-order chi connectivity index (χ0) is 14.8. The van der Waals surface area contributed by atoms with E-state index in [1.54, 1.807) is 0 Å². The number of urea groups is 1. The third-order valence-electron chi connectivity index (χ3n) is 2.06. The first-order valence-electron chi connectivity index (χ1n) is 5.27. The van der Waals surface area contributed by atoms with E-state index < -0.39 is 18.0 Å². The van der Waals surface area contributed by atoms with E-state index in [1.165, 1.54) is 7.05 Å². The lowest BCUT2D eigenvalue weighted by atomic mass is 10.1. The zero-order valence-electron chi connectivity index (χ0n) is 10.4. The molecule has 0 heterocycles. The van der Waals surface area contributed by atoms with Crippen molar-refractivity contribution in [2.75, 3.05) is 7.05 Å². The number of aliphatic carboxylic acids is 1. The largest absolute Gasteiger partial charge is 0.480 e. The molecule has 5 N–H and O–H groups in total. The number of amides is 2. The Morgan fingerprint density at radius 2 is 1.89 bits per heavy atom. The minimum absolute atomic E-state index is 0.385. The lowest BCUT2D eigenvalue weighted by molar-refractivity contribution is -0.138. The summed E-state index contributed by atoms with van der Waals surface area (Å²) in [4.78, 5) is 29.5. The summed E-state index contributed by atoms with van der Waals surface area (Å²) < 4.78 is 0. The molecule has 8 heteroatoms. The molecular weight excluding hydrogens is 252 g/mol. The van der Waals surface area contributed by atoms with Crippen LogP contribution >= 0.6 is 0 Å². The first kappa shape index (κ1) is 16.5. The quantitative estimate of drug-likeness (QED) is 0.533. The molecule has 1 rings (SSSR count). The number of benzene rings is 1. The van der Waals surface area contributed by atoms with Crippen LogP contribution in [0.15, 0.2) is 35.6 Å². The fourth-order valence-electron chi connectivity index (χ4n) is 0.996. The maximum atomic E-state index is 10.4. The number of nitrogens with two attached hydrogens (primary N) is 2. The van der Waals surface area contributed by atoms with E-state index in [0.29, 0.717) is 11.4 Å². The van der Waals surface area contributed by atoms with Crippen molar-refractivity contribution in [1.82, 2.24) is 5.01 Å². The molecule has 1 aromatic carbocycles. The molecule has 19 heavy (non-hydrogen) atoms. The van der Waals surface area contributed by atoms with Crippen molar-refractivity contribution < 1.29 is 14.7 Å². The number of rotatable bonds is 4. The van der Waals surface area contributed by atoms with Gasteiger partial charge in [0.2, 0.25) is 0 Å². The lowest BCUT2D eigenvalue weighted by Crippen LogP contribution is -2.32. The molecule has 1 aromatic rings. The van der Waals surface area contributed by atoms with Crippen LogP contribution in [0, 0.1) is 4.91 Å². The Bertz CT molecular complexity index is 424. The number of hydrogen-bond donors (Lipinski definition) is 3. The third kappa shape index (κ3) is 7.45. The van der Waals surface area contributed by atoms with Gasteiger partial charge in [-0.1, -0.05) is 30.3 Å². The molecule has 0 fully saturated rings. The van der Waals surface area contributed by atoms with Crippen molar-refractivity contribution in [3.63, 3.8) is 0 Å². The molecule has 0 saturated heterocycles. The normalized spacial score (nSPS) is 10.6. The highest BCUT2D eigenvalue weighted by Gasteiger charge is 2.10. The summed E-state index contributed by atoms with van der Waals surface area (Å²) in [5.74, 6) is -0.959. The Kier molecular flexibility index (Phi) is 7.47. The Hall–Kier alpha value is -2.48. The van der Waals surface area contributed by atoms with E-state index in [0.717, 1.165) is 5.56 Å². The summed E-state index contributed by atoms with van der Waals surface area (Å²) in [5.41, 5.74) is 10.8. The van der Waals surface area contributed by atoms with Crippen LogP contribution in [0.1, 0.15) is 5.56 Å². The molecule has 0 saturated carbocycles. The number of hydrogen-bond acceptors (Lipinski definition) is 5. The van der Waals surface area contributed by atoms with Gasteiger partial charge in [0.1, 0.15) is 6.04 Å². The lowest BCUT2D eigenvalue weighted by Gasteiger charge is -2.04. The number of carboxylic acid groups (broad SMARTS) is 1. The molecule has 0 aliphatic heterocycles. The Balaban J connectivity index is 0.000000399. The van der Waals surface area contributed by atoms with Crippen LogP contribution in [0.5, 0.6) is 0 Å². The first-order chi connectivity index (χ1) is 8.88. The van der Waals surface area contributed by atoms with Gasteiger partial charge in [0.25, 0.3) is 0 Å². The molecule has 0 aliphatic carbocycles. The molecule has 0 bridgehead atoms. The Labute approximate surface area is 109 Å². The second-order valence-electron chi connectivity index (χ2n) is 3.58. The van der Waals surface area contributed by atoms with E-state index in [9.17, 15) is 14.5 Å². The van der Waals surface area contributed by atoms with Crippen molar-refractivity contribution in [3.8, 4) is 0 Å². The van der Waals surface area contributed by atoms with Crippen LogP contribution in [-0.4, -0.2) is 35.2 Å². The number of primary amides is 1. The van der Waals surface area contributed by atoms with Crippen LogP contribution in [-0.2, 0) is 11.2 Å². The molecule has 8 nitrogen and oxygen atoms in total. The Morgan fingerprint density at radius 3 is 2.21 bits per heavy atom. The average molecular weight is 268 g/mol. The molecule has 0 unspecified atom stereocenters. The molecule has 2 amide bonds. The van der Waals surface area contributed by atoms with Gasteiger partial charge in [0.15, 0.2) is 0 Å². The van der Waals surface area contributed by atoms with Gasteiger partial charge in [-0.15, -0.1) is 4.91 Å². The van der Waals surface area contributed by atoms with E-state index in [1.807, 2.05) is 30.3 Å². The van der Waals surface area contributed by atoms with Crippen LogP contribution in [0.4, 0.5) is 4.79 Å². The van der Waals surface area contributed by atoms with E-state index >= 15 is 0 Å². The van der Waals surface area contributed by atoms with Gasteiger partial charge in [-0.05, 0) is 12.0 Å².